The lowest BCUT2D eigenvalue weighted by Crippen LogP contribution is -2.28. The molecule has 3 rings (SSSR count). The van der Waals surface area contributed by atoms with Crippen molar-refractivity contribution in [3.05, 3.63) is 88.9 Å². The molecule has 0 bridgehead atoms. The second kappa shape index (κ2) is 7.75. The van der Waals surface area contributed by atoms with E-state index < -0.39 is 11.7 Å². The van der Waals surface area contributed by atoms with Gasteiger partial charge in [0.2, 0.25) is 0 Å². The lowest BCUT2D eigenvalue weighted by atomic mass is 9.95. The fourth-order valence-corrected chi connectivity index (χ4v) is 2.93. The van der Waals surface area contributed by atoms with Gasteiger partial charge >= 0.3 is 6.09 Å². The Bertz CT molecular complexity index is 872. The summed E-state index contributed by atoms with van der Waals surface area (Å²) < 4.78 is 6.60. The molecule has 3 aromatic rings. The maximum Gasteiger partial charge on any atom is 0.412 e. The first kappa shape index (κ1) is 18.2. The largest absolute Gasteiger partial charge is 0.438 e. The van der Waals surface area contributed by atoms with Crippen LogP contribution in [0.1, 0.15) is 19.4 Å². The van der Waals surface area contributed by atoms with Crippen LogP contribution >= 0.6 is 15.9 Å². The molecule has 132 valence electrons. The van der Waals surface area contributed by atoms with E-state index in [1.165, 1.54) is 0 Å². The van der Waals surface area contributed by atoms with E-state index in [1.54, 1.807) is 0 Å². The molecule has 0 saturated heterocycles. The minimum absolute atomic E-state index is 0.482. The van der Waals surface area contributed by atoms with Gasteiger partial charge in [-0.15, -0.1) is 0 Å². The summed E-state index contributed by atoms with van der Waals surface area (Å²) in [5.74, 6) is 0. The van der Waals surface area contributed by atoms with Crippen molar-refractivity contribution in [1.82, 2.24) is 0 Å². The Morgan fingerprint density at radius 3 is 2.04 bits per heavy atom. The Hall–Kier alpha value is -2.59. The summed E-state index contributed by atoms with van der Waals surface area (Å²) >= 11 is 3.37. The highest BCUT2D eigenvalue weighted by Crippen LogP contribution is 2.28. The lowest BCUT2D eigenvalue weighted by molar-refractivity contribution is 0.0467. The molecule has 1 N–H and O–H groups in total. The van der Waals surface area contributed by atoms with Crippen molar-refractivity contribution in [1.29, 1.82) is 0 Å². The number of halogens is 1. The van der Waals surface area contributed by atoms with E-state index in [2.05, 4.69) is 33.4 Å². The van der Waals surface area contributed by atoms with Crippen molar-refractivity contribution in [2.24, 2.45) is 0 Å². The van der Waals surface area contributed by atoms with Gasteiger partial charge in [0.15, 0.2) is 0 Å². The molecule has 0 aliphatic rings. The van der Waals surface area contributed by atoms with E-state index in [0.29, 0.717) is 5.69 Å². The first-order valence-corrected chi connectivity index (χ1v) is 9.15. The number of carbonyl (C=O) groups excluding carboxylic acids is 1. The fraction of sp³-hybridized carbons (Fsp3) is 0.136. The van der Waals surface area contributed by atoms with Crippen molar-refractivity contribution in [2.75, 3.05) is 5.32 Å². The maximum atomic E-state index is 12.2. The highest BCUT2D eigenvalue weighted by Gasteiger charge is 2.25. The predicted molar refractivity (Wildman–Crippen MR) is 109 cm³/mol. The van der Waals surface area contributed by atoms with Gasteiger partial charge in [-0.2, -0.15) is 0 Å². The number of anilines is 1. The van der Waals surface area contributed by atoms with Gasteiger partial charge < -0.3 is 4.74 Å². The smallest absolute Gasteiger partial charge is 0.412 e. The normalized spacial score (nSPS) is 11.0. The number of ether oxygens (including phenoxy) is 1. The van der Waals surface area contributed by atoms with Crippen LogP contribution in [0.4, 0.5) is 10.5 Å². The molecule has 3 nitrogen and oxygen atoms in total. The molecule has 4 heteroatoms. The van der Waals surface area contributed by atoms with Gasteiger partial charge in [-0.1, -0.05) is 70.5 Å². The van der Waals surface area contributed by atoms with Crippen molar-refractivity contribution in [3.8, 4) is 11.1 Å². The summed E-state index contributed by atoms with van der Waals surface area (Å²) in [5.41, 5.74) is 3.17. The fourth-order valence-electron chi connectivity index (χ4n) is 2.66. The molecule has 0 heterocycles. The van der Waals surface area contributed by atoms with Crippen molar-refractivity contribution in [2.45, 2.75) is 19.4 Å². The van der Waals surface area contributed by atoms with Crippen LogP contribution in [0.2, 0.25) is 0 Å². The van der Waals surface area contributed by atoms with Crippen LogP contribution < -0.4 is 5.32 Å². The standard InChI is InChI=1S/C22H20BrNO2/c1-22(2,26-21(25)24-20-14-12-19(23)13-15-20)18-10-8-17(9-11-18)16-6-4-3-5-7-16/h3-15H,1-2H3,(H,24,25). The van der Waals surface area contributed by atoms with Crippen LogP contribution in [-0.2, 0) is 10.3 Å². The second-order valence-corrected chi connectivity index (χ2v) is 7.39. The zero-order chi connectivity index (χ0) is 18.6. The summed E-state index contributed by atoms with van der Waals surface area (Å²) in [6, 6.07) is 25.6. The van der Waals surface area contributed by atoms with Crippen LogP contribution in [0.3, 0.4) is 0 Å². The molecule has 1 amide bonds. The van der Waals surface area contributed by atoms with Gasteiger partial charge in [-0.25, -0.2) is 4.79 Å². The van der Waals surface area contributed by atoms with Crippen LogP contribution in [-0.4, -0.2) is 6.09 Å². The summed E-state index contributed by atoms with van der Waals surface area (Å²) in [6.45, 7) is 3.76. The average Bonchev–Trinajstić information content (AvgIpc) is 2.64. The molecule has 0 unspecified atom stereocenters. The Labute approximate surface area is 162 Å². The number of rotatable bonds is 4. The summed E-state index contributed by atoms with van der Waals surface area (Å²) in [7, 11) is 0. The van der Waals surface area contributed by atoms with E-state index in [1.807, 2.05) is 80.6 Å². The maximum absolute atomic E-state index is 12.2. The lowest BCUT2D eigenvalue weighted by Gasteiger charge is -2.26. The van der Waals surface area contributed by atoms with E-state index in [9.17, 15) is 4.79 Å². The van der Waals surface area contributed by atoms with E-state index in [-0.39, 0.29) is 0 Å². The Balaban J connectivity index is 1.69. The summed E-state index contributed by atoms with van der Waals surface area (Å²) in [5, 5.41) is 2.75. The van der Waals surface area contributed by atoms with Gasteiger partial charge in [-0.3, -0.25) is 5.32 Å². The molecule has 3 aromatic carbocycles. The molecule has 0 aliphatic heterocycles. The van der Waals surface area contributed by atoms with Gasteiger partial charge in [0.05, 0.1) is 0 Å². The molecule has 0 aliphatic carbocycles. The Morgan fingerprint density at radius 1 is 0.846 bits per heavy atom. The van der Waals surface area contributed by atoms with Crippen LogP contribution in [0.5, 0.6) is 0 Å². The van der Waals surface area contributed by atoms with Crippen LogP contribution in [0.25, 0.3) is 11.1 Å². The molecule has 0 spiro atoms. The number of benzene rings is 3. The minimum Gasteiger partial charge on any atom is -0.438 e. The third-order valence-electron chi connectivity index (χ3n) is 4.13. The topological polar surface area (TPSA) is 38.3 Å². The highest BCUT2D eigenvalue weighted by atomic mass is 79.9. The molecule has 0 saturated carbocycles. The SMILES string of the molecule is CC(C)(OC(=O)Nc1ccc(Br)cc1)c1ccc(-c2ccccc2)cc1. The number of amides is 1. The second-order valence-electron chi connectivity index (χ2n) is 6.48. The summed E-state index contributed by atoms with van der Waals surface area (Å²) in [4.78, 5) is 12.2. The highest BCUT2D eigenvalue weighted by molar-refractivity contribution is 9.10. The third-order valence-corrected chi connectivity index (χ3v) is 4.65. The van der Waals surface area contributed by atoms with Crippen molar-refractivity contribution in [3.63, 3.8) is 0 Å². The number of carbonyl (C=O) groups is 1. The summed E-state index contributed by atoms with van der Waals surface area (Å²) in [6.07, 6.45) is -0.482. The zero-order valence-electron chi connectivity index (χ0n) is 14.7. The predicted octanol–water partition coefficient (Wildman–Crippen LogP) is 6.60. The van der Waals surface area contributed by atoms with Gasteiger partial charge in [-0.05, 0) is 54.8 Å². The number of hydrogen-bond donors (Lipinski definition) is 1. The third kappa shape index (κ3) is 4.52. The quantitative estimate of drug-likeness (QED) is 0.526. The van der Waals surface area contributed by atoms with Gasteiger partial charge in [0.25, 0.3) is 0 Å². The molecule has 0 fully saturated rings. The minimum atomic E-state index is -0.741. The first-order valence-electron chi connectivity index (χ1n) is 8.35. The van der Waals surface area contributed by atoms with Crippen LogP contribution in [0, 0.1) is 0 Å². The number of hydrogen-bond acceptors (Lipinski definition) is 2. The van der Waals surface area contributed by atoms with Gasteiger partial charge in [0, 0.05) is 10.2 Å². The Morgan fingerprint density at radius 2 is 1.42 bits per heavy atom. The van der Waals surface area contributed by atoms with E-state index >= 15 is 0 Å². The van der Waals surface area contributed by atoms with E-state index in [4.69, 9.17) is 4.74 Å². The molecule has 0 radical (unpaired) electrons. The first-order chi connectivity index (χ1) is 12.4. The van der Waals surface area contributed by atoms with Crippen molar-refractivity contribution < 1.29 is 9.53 Å². The monoisotopic (exact) mass is 409 g/mol. The molecule has 0 atom stereocenters. The molecule has 0 aromatic heterocycles. The van der Waals surface area contributed by atoms with Gasteiger partial charge in [0.1, 0.15) is 5.60 Å². The van der Waals surface area contributed by atoms with Crippen LogP contribution in [0.15, 0.2) is 83.3 Å². The molecular weight excluding hydrogens is 390 g/mol. The molecule has 26 heavy (non-hydrogen) atoms. The zero-order valence-corrected chi connectivity index (χ0v) is 16.3. The van der Waals surface area contributed by atoms with E-state index in [0.717, 1.165) is 21.2 Å². The average molecular weight is 410 g/mol. The molecular formula is C22H20BrNO2. The van der Waals surface area contributed by atoms with Crippen molar-refractivity contribution >= 4 is 27.7 Å². The number of nitrogens with one attached hydrogen (secondary N) is 1. The Kier molecular flexibility index (Phi) is 5.43.